The van der Waals surface area contributed by atoms with Gasteiger partial charge in [-0.15, -0.1) is 0 Å². The molecule has 0 aliphatic carbocycles. The molecule has 1 unspecified atom stereocenters. The number of hydrogen-bond acceptors (Lipinski definition) is 6. The minimum Gasteiger partial charge on any atom is -0.340 e. The third-order valence-corrected chi connectivity index (χ3v) is 5.79. The molecule has 2 aliphatic heterocycles. The lowest BCUT2D eigenvalue weighted by Gasteiger charge is -2.20. The number of amides is 2. The van der Waals surface area contributed by atoms with Crippen LogP contribution in [0.1, 0.15) is 12.5 Å². The second kappa shape index (κ2) is 6.57. The standard InChI is InChI=1S/C19H22N8O2/c1-23-7-8-26(19(23)29)14-9-21-27(12-14)13-4-6-25(11-13)18-22-16-10-20-5-3-15(16)17(28)24(18)2/h3,5,9-10,12-13H,4,6-8,11H2,1-2H3. The van der Waals surface area contributed by atoms with E-state index in [-0.39, 0.29) is 17.6 Å². The van der Waals surface area contributed by atoms with Crippen molar-refractivity contribution in [3.63, 3.8) is 0 Å². The van der Waals surface area contributed by atoms with Crippen LogP contribution in [0.15, 0.2) is 35.6 Å². The SMILES string of the molecule is CN1CCN(c2cnn(C3CCN(c4nc5cnccc5c(=O)n4C)C3)c2)C1=O. The molecule has 29 heavy (non-hydrogen) atoms. The predicted molar refractivity (Wildman–Crippen MR) is 108 cm³/mol. The molecule has 3 aromatic rings. The van der Waals surface area contributed by atoms with E-state index in [9.17, 15) is 9.59 Å². The van der Waals surface area contributed by atoms with Crippen LogP contribution in [0.5, 0.6) is 0 Å². The molecule has 2 amide bonds. The highest BCUT2D eigenvalue weighted by molar-refractivity contribution is 5.93. The number of hydrogen-bond donors (Lipinski definition) is 0. The summed E-state index contributed by atoms with van der Waals surface area (Å²) in [5.41, 5.74) is 1.35. The summed E-state index contributed by atoms with van der Waals surface area (Å²) >= 11 is 0. The van der Waals surface area contributed by atoms with Gasteiger partial charge >= 0.3 is 6.03 Å². The van der Waals surface area contributed by atoms with E-state index in [1.165, 1.54) is 0 Å². The minimum absolute atomic E-state index is 0.00146. The zero-order chi connectivity index (χ0) is 20.1. The summed E-state index contributed by atoms with van der Waals surface area (Å²) < 4.78 is 3.51. The van der Waals surface area contributed by atoms with Gasteiger partial charge in [-0.25, -0.2) is 9.78 Å². The fraction of sp³-hybridized carbons (Fsp3) is 0.421. The Morgan fingerprint density at radius 3 is 2.76 bits per heavy atom. The van der Waals surface area contributed by atoms with Crippen molar-refractivity contribution < 1.29 is 4.79 Å². The number of aromatic nitrogens is 5. The van der Waals surface area contributed by atoms with E-state index in [1.807, 2.05) is 10.9 Å². The lowest BCUT2D eigenvalue weighted by Crippen LogP contribution is -2.30. The number of anilines is 2. The number of carbonyl (C=O) groups excluding carboxylic acids is 1. The van der Waals surface area contributed by atoms with Crippen LogP contribution in [0.4, 0.5) is 16.4 Å². The molecule has 5 rings (SSSR count). The minimum atomic E-state index is -0.0751. The van der Waals surface area contributed by atoms with Crippen molar-refractivity contribution in [2.24, 2.45) is 7.05 Å². The molecule has 5 heterocycles. The molecule has 2 aliphatic rings. The molecule has 1 atom stereocenters. The van der Waals surface area contributed by atoms with E-state index in [0.29, 0.717) is 29.9 Å². The Hall–Kier alpha value is -3.43. The number of urea groups is 1. The van der Waals surface area contributed by atoms with Crippen molar-refractivity contribution >= 4 is 28.6 Å². The first-order chi connectivity index (χ1) is 14.0. The Kier molecular flexibility index (Phi) is 4.00. The Balaban J connectivity index is 1.39. The van der Waals surface area contributed by atoms with Crippen LogP contribution in [-0.4, -0.2) is 68.5 Å². The van der Waals surface area contributed by atoms with Crippen LogP contribution in [0.2, 0.25) is 0 Å². The molecule has 0 aromatic carbocycles. The molecule has 2 fully saturated rings. The summed E-state index contributed by atoms with van der Waals surface area (Å²) in [6.07, 6.45) is 7.79. The van der Waals surface area contributed by atoms with Gasteiger partial charge in [-0.3, -0.25) is 23.9 Å². The lowest BCUT2D eigenvalue weighted by molar-refractivity contribution is 0.229. The molecule has 10 nitrogen and oxygen atoms in total. The summed E-state index contributed by atoms with van der Waals surface area (Å²) in [7, 11) is 3.55. The van der Waals surface area contributed by atoms with Crippen molar-refractivity contribution in [2.45, 2.75) is 12.5 Å². The van der Waals surface area contributed by atoms with Gasteiger partial charge in [-0.05, 0) is 12.5 Å². The van der Waals surface area contributed by atoms with Crippen molar-refractivity contribution in [2.75, 3.05) is 43.0 Å². The van der Waals surface area contributed by atoms with Crippen LogP contribution in [0.3, 0.4) is 0 Å². The number of likely N-dealkylation sites (N-methyl/N-ethyl adjacent to an activating group) is 1. The van der Waals surface area contributed by atoms with Gasteiger partial charge in [0.1, 0.15) is 0 Å². The van der Waals surface area contributed by atoms with E-state index in [1.54, 1.807) is 53.1 Å². The largest absolute Gasteiger partial charge is 0.340 e. The van der Waals surface area contributed by atoms with Crippen LogP contribution < -0.4 is 15.4 Å². The molecule has 0 radical (unpaired) electrons. The second-order valence-corrected chi connectivity index (χ2v) is 7.59. The van der Waals surface area contributed by atoms with Crippen LogP contribution in [0, 0.1) is 0 Å². The summed E-state index contributed by atoms with van der Waals surface area (Å²) in [5.74, 6) is 0.640. The molecular formula is C19H22N8O2. The van der Waals surface area contributed by atoms with Crippen molar-refractivity contribution in [3.8, 4) is 0 Å². The first kappa shape index (κ1) is 17.7. The summed E-state index contributed by atoms with van der Waals surface area (Å²) in [6, 6.07) is 1.85. The van der Waals surface area contributed by atoms with Gasteiger partial charge in [-0.2, -0.15) is 5.10 Å². The van der Waals surface area contributed by atoms with Crippen LogP contribution in [-0.2, 0) is 7.05 Å². The maximum Gasteiger partial charge on any atom is 0.324 e. The molecule has 0 bridgehead atoms. The number of carbonyl (C=O) groups is 1. The fourth-order valence-corrected chi connectivity index (χ4v) is 4.09. The maximum atomic E-state index is 12.7. The highest BCUT2D eigenvalue weighted by Gasteiger charge is 2.30. The average molecular weight is 394 g/mol. The second-order valence-electron chi connectivity index (χ2n) is 7.59. The van der Waals surface area contributed by atoms with Gasteiger partial charge in [-0.1, -0.05) is 0 Å². The monoisotopic (exact) mass is 394 g/mol. The van der Waals surface area contributed by atoms with Gasteiger partial charge in [0.2, 0.25) is 5.95 Å². The molecule has 0 N–H and O–H groups in total. The molecule has 3 aromatic heterocycles. The van der Waals surface area contributed by atoms with Crippen LogP contribution in [0.25, 0.3) is 10.9 Å². The number of pyridine rings is 1. The lowest BCUT2D eigenvalue weighted by atomic mass is 10.3. The van der Waals surface area contributed by atoms with E-state index < -0.39 is 0 Å². The summed E-state index contributed by atoms with van der Waals surface area (Å²) in [6.45, 7) is 2.87. The number of fused-ring (bicyclic) bond motifs is 1. The predicted octanol–water partition coefficient (Wildman–Crippen LogP) is 0.848. The van der Waals surface area contributed by atoms with Gasteiger partial charge < -0.3 is 9.80 Å². The van der Waals surface area contributed by atoms with Crippen molar-refractivity contribution in [1.29, 1.82) is 0 Å². The van der Waals surface area contributed by atoms with Crippen molar-refractivity contribution in [3.05, 3.63) is 41.2 Å². The zero-order valence-electron chi connectivity index (χ0n) is 16.4. The number of rotatable bonds is 3. The van der Waals surface area contributed by atoms with Gasteiger partial charge in [0.05, 0.1) is 35.0 Å². The van der Waals surface area contributed by atoms with Crippen molar-refractivity contribution in [1.82, 2.24) is 29.2 Å². The first-order valence-corrected chi connectivity index (χ1v) is 9.65. The Morgan fingerprint density at radius 2 is 1.97 bits per heavy atom. The maximum absolute atomic E-state index is 12.7. The normalized spacial score (nSPS) is 19.7. The Labute approximate surface area is 167 Å². The quantitative estimate of drug-likeness (QED) is 0.654. The molecule has 0 spiro atoms. The van der Waals surface area contributed by atoms with Gasteiger partial charge in [0.25, 0.3) is 5.56 Å². The third-order valence-electron chi connectivity index (χ3n) is 5.79. The van der Waals surface area contributed by atoms with E-state index >= 15 is 0 Å². The highest BCUT2D eigenvalue weighted by atomic mass is 16.2. The first-order valence-electron chi connectivity index (χ1n) is 9.65. The molecule has 2 saturated heterocycles. The molecular weight excluding hydrogens is 372 g/mol. The Morgan fingerprint density at radius 1 is 1.10 bits per heavy atom. The summed E-state index contributed by atoms with van der Waals surface area (Å²) in [4.78, 5) is 39.2. The topological polar surface area (TPSA) is 92.4 Å². The molecule has 150 valence electrons. The van der Waals surface area contributed by atoms with Gasteiger partial charge in [0.15, 0.2) is 0 Å². The Bertz CT molecular complexity index is 1150. The van der Waals surface area contributed by atoms with Crippen LogP contribution >= 0.6 is 0 Å². The fourth-order valence-electron chi connectivity index (χ4n) is 4.09. The molecule has 0 saturated carbocycles. The molecule has 10 heteroatoms. The number of nitrogens with zero attached hydrogens (tertiary/aromatic N) is 8. The van der Waals surface area contributed by atoms with E-state index in [4.69, 9.17) is 0 Å². The van der Waals surface area contributed by atoms with E-state index in [0.717, 1.165) is 25.2 Å². The van der Waals surface area contributed by atoms with E-state index in [2.05, 4.69) is 20.0 Å². The third kappa shape index (κ3) is 2.82. The van der Waals surface area contributed by atoms with Gasteiger partial charge in [0, 0.05) is 52.7 Å². The smallest absolute Gasteiger partial charge is 0.324 e. The highest BCUT2D eigenvalue weighted by Crippen LogP contribution is 2.27. The zero-order valence-corrected chi connectivity index (χ0v) is 16.4. The average Bonchev–Trinajstić information content (AvgIpc) is 3.46. The summed E-state index contributed by atoms with van der Waals surface area (Å²) in [5, 5.41) is 5.07.